The molecule has 9 heavy (non-hydrogen) atoms. The quantitative estimate of drug-likeness (QED) is 0.608. The second-order valence-corrected chi connectivity index (χ2v) is 2.20. The highest BCUT2D eigenvalue weighted by Crippen LogP contribution is 2.02. The average Bonchev–Trinajstić information content (AvgIpc) is 1.83. The molecule has 2 heteroatoms. The van der Waals surface area contributed by atoms with E-state index in [9.17, 15) is 0 Å². The lowest BCUT2D eigenvalue weighted by molar-refractivity contribution is 0.157. The summed E-state index contributed by atoms with van der Waals surface area (Å²) in [6.07, 6.45) is 4.19. The third-order valence-electron chi connectivity index (χ3n) is 1.36. The third-order valence-corrected chi connectivity index (χ3v) is 1.36. The molecule has 0 bridgehead atoms. The van der Waals surface area contributed by atoms with Crippen molar-refractivity contribution < 1.29 is 5.11 Å². The van der Waals surface area contributed by atoms with Crippen LogP contribution in [-0.2, 0) is 0 Å². The van der Waals surface area contributed by atoms with Gasteiger partial charge in [0.2, 0.25) is 0 Å². The number of rotatable bonds is 4. The van der Waals surface area contributed by atoms with Crippen LogP contribution in [0.15, 0.2) is 0 Å². The third kappa shape index (κ3) is 8.39. The smallest absolute Gasteiger partial charge is 0.0537 e. The zero-order chi connectivity index (χ0) is 6.41. The standard InChI is InChI=1S/C7H16O.H3P/c1-3-5-6-7(8)4-2;/h7-8H,3-6H2,1-2H3;1H3. The van der Waals surface area contributed by atoms with Crippen molar-refractivity contribution in [1.29, 1.82) is 0 Å². The highest BCUT2D eigenvalue weighted by atomic mass is 31.0. The van der Waals surface area contributed by atoms with Gasteiger partial charge in [-0.1, -0.05) is 26.7 Å². The molecule has 0 saturated carbocycles. The highest BCUT2D eigenvalue weighted by molar-refractivity contribution is 6.92. The molecule has 1 N–H and O–H groups in total. The van der Waals surface area contributed by atoms with Crippen molar-refractivity contribution in [2.45, 2.75) is 45.6 Å². The molecule has 0 aromatic carbocycles. The lowest BCUT2D eigenvalue weighted by atomic mass is 10.1. The van der Waals surface area contributed by atoms with E-state index in [0.29, 0.717) is 0 Å². The van der Waals surface area contributed by atoms with Crippen LogP contribution in [0.3, 0.4) is 0 Å². The van der Waals surface area contributed by atoms with E-state index in [4.69, 9.17) is 5.11 Å². The Morgan fingerprint density at radius 1 is 1.33 bits per heavy atom. The van der Waals surface area contributed by atoms with Crippen LogP contribution in [0.1, 0.15) is 39.5 Å². The van der Waals surface area contributed by atoms with Crippen LogP contribution in [-0.4, -0.2) is 11.2 Å². The van der Waals surface area contributed by atoms with Crippen LogP contribution in [0, 0.1) is 0 Å². The first-order chi connectivity index (χ1) is 3.81. The van der Waals surface area contributed by atoms with E-state index in [0.717, 1.165) is 19.3 Å². The Balaban J connectivity index is 0. The van der Waals surface area contributed by atoms with Gasteiger partial charge in [0.1, 0.15) is 0 Å². The van der Waals surface area contributed by atoms with E-state index in [1.54, 1.807) is 0 Å². The predicted molar refractivity (Wildman–Crippen MR) is 46.9 cm³/mol. The van der Waals surface area contributed by atoms with E-state index in [-0.39, 0.29) is 16.0 Å². The molecule has 0 aromatic rings. The summed E-state index contributed by atoms with van der Waals surface area (Å²) < 4.78 is 0. The SMILES string of the molecule is CCCCC(O)CC.P. The van der Waals surface area contributed by atoms with Crippen molar-refractivity contribution in [2.75, 3.05) is 0 Å². The first-order valence-corrected chi connectivity index (χ1v) is 3.49. The van der Waals surface area contributed by atoms with Crippen LogP contribution in [0.4, 0.5) is 0 Å². The van der Waals surface area contributed by atoms with Crippen molar-refractivity contribution in [3.8, 4) is 0 Å². The molecule has 0 aliphatic carbocycles. The Hall–Kier alpha value is 0.390. The second-order valence-electron chi connectivity index (χ2n) is 2.20. The summed E-state index contributed by atoms with van der Waals surface area (Å²) in [7, 11) is 0. The monoisotopic (exact) mass is 150 g/mol. The molecule has 0 aliphatic heterocycles. The molecule has 0 spiro atoms. The van der Waals surface area contributed by atoms with Gasteiger partial charge in [0.25, 0.3) is 0 Å². The second kappa shape index (κ2) is 8.39. The van der Waals surface area contributed by atoms with Gasteiger partial charge in [0.15, 0.2) is 0 Å². The molecule has 2 atom stereocenters. The topological polar surface area (TPSA) is 20.2 Å². The van der Waals surface area contributed by atoms with Gasteiger partial charge in [0, 0.05) is 0 Å². The van der Waals surface area contributed by atoms with Gasteiger partial charge < -0.3 is 5.11 Å². The molecule has 1 nitrogen and oxygen atoms in total. The van der Waals surface area contributed by atoms with E-state index in [1.807, 2.05) is 6.92 Å². The van der Waals surface area contributed by atoms with Gasteiger partial charge in [-0.05, 0) is 12.8 Å². The highest BCUT2D eigenvalue weighted by Gasteiger charge is 1.96. The molecular weight excluding hydrogens is 131 g/mol. The fourth-order valence-electron chi connectivity index (χ4n) is 0.644. The Kier molecular flexibility index (Phi) is 11.3. The first-order valence-electron chi connectivity index (χ1n) is 3.49. The van der Waals surface area contributed by atoms with Crippen LogP contribution in [0.25, 0.3) is 0 Å². The minimum atomic E-state index is -0.0463. The van der Waals surface area contributed by atoms with Crippen molar-refractivity contribution in [2.24, 2.45) is 0 Å². The van der Waals surface area contributed by atoms with E-state index in [1.165, 1.54) is 6.42 Å². The van der Waals surface area contributed by atoms with E-state index in [2.05, 4.69) is 6.92 Å². The van der Waals surface area contributed by atoms with Crippen molar-refractivity contribution in [1.82, 2.24) is 0 Å². The Morgan fingerprint density at radius 2 is 1.89 bits per heavy atom. The van der Waals surface area contributed by atoms with E-state index < -0.39 is 0 Å². The van der Waals surface area contributed by atoms with Gasteiger partial charge in [0.05, 0.1) is 6.10 Å². The molecule has 0 aliphatic rings. The lowest BCUT2D eigenvalue weighted by Gasteiger charge is -2.03. The Bertz CT molecular complexity index is 48.2. The molecule has 0 amide bonds. The molecule has 0 fully saturated rings. The maximum absolute atomic E-state index is 8.99. The Morgan fingerprint density at radius 3 is 2.22 bits per heavy atom. The summed E-state index contributed by atoms with van der Waals surface area (Å²) >= 11 is 0. The number of hydrogen-bond acceptors (Lipinski definition) is 1. The minimum absolute atomic E-state index is 0. The van der Waals surface area contributed by atoms with Gasteiger partial charge >= 0.3 is 0 Å². The molecule has 0 rings (SSSR count). The maximum Gasteiger partial charge on any atom is 0.0537 e. The van der Waals surface area contributed by atoms with Crippen LogP contribution < -0.4 is 0 Å². The summed E-state index contributed by atoms with van der Waals surface area (Å²) in [6.45, 7) is 4.16. The number of hydrogen-bond donors (Lipinski definition) is 1. The summed E-state index contributed by atoms with van der Waals surface area (Å²) in [5, 5.41) is 8.99. The van der Waals surface area contributed by atoms with Crippen LogP contribution in [0.2, 0.25) is 0 Å². The van der Waals surface area contributed by atoms with Gasteiger partial charge in [-0.15, -0.1) is 0 Å². The predicted octanol–water partition coefficient (Wildman–Crippen LogP) is 2.01. The van der Waals surface area contributed by atoms with Crippen LogP contribution in [0.5, 0.6) is 0 Å². The van der Waals surface area contributed by atoms with Crippen molar-refractivity contribution in [3.63, 3.8) is 0 Å². The minimum Gasteiger partial charge on any atom is -0.393 e. The number of unbranched alkanes of at least 4 members (excludes halogenated alkanes) is 1. The summed E-state index contributed by atoms with van der Waals surface area (Å²) in [6, 6.07) is 0. The number of aliphatic hydroxyl groups is 1. The Labute approximate surface area is 61.5 Å². The molecule has 0 heterocycles. The zero-order valence-corrected chi connectivity index (χ0v) is 7.97. The summed E-state index contributed by atoms with van der Waals surface area (Å²) in [4.78, 5) is 0. The fraction of sp³-hybridized carbons (Fsp3) is 1.00. The average molecular weight is 150 g/mol. The van der Waals surface area contributed by atoms with Gasteiger partial charge in [-0.2, -0.15) is 9.90 Å². The molecule has 58 valence electrons. The zero-order valence-electron chi connectivity index (χ0n) is 6.56. The molecule has 0 radical (unpaired) electrons. The maximum atomic E-state index is 8.99. The normalized spacial score (nSPS) is 12.3. The van der Waals surface area contributed by atoms with Crippen molar-refractivity contribution in [3.05, 3.63) is 0 Å². The van der Waals surface area contributed by atoms with Crippen molar-refractivity contribution >= 4 is 9.90 Å². The summed E-state index contributed by atoms with van der Waals surface area (Å²) in [5.41, 5.74) is 0. The van der Waals surface area contributed by atoms with E-state index >= 15 is 0 Å². The first kappa shape index (κ1) is 12.1. The van der Waals surface area contributed by atoms with Gasteiger partial charge in [-0.3, -0.25) is 0 Å². The van der Waals surface area contributed by atoms with Gasteiger partial charge in [-0.25, -0.2) is 0 Å². The lowest BCUT2D eigenvalue weighted by Crippen LogP contribution is -2.02. The molecule has 2 unspecified atom stereocenters. The number of aliphatic hydroxyl groups excluding tert-OH is 1. The molecule has 0 aromatic heterocycles. The summed E-state index contributed by atoms with van der Waals surface area (Å²) in [5.74, 6) is 0. The molecule has 0 saturated heterocycles. The fourth-order valence-corrected chi connectivity index (χ4v) is 0.644. The largest absolute Gasteiger partial charge is 0.393 e. The van der Waals surface area contributed by atoms with Crippen LogP contribution >= 0.6 is 9.90 Å². The molecular formula is C7H19OP.